The molecule has 1 aromatic rings. The van der Waals surface area contributed by atoms with Crippen LogP contribution in [-0.4, -0.2) is 23.7 Å². The standard InChI is InChI=1S/C14H19F3N2O3/c1-9(8-13(2,3)22-4)18-11-6-5-10(14(15,16)17)7-12(11)19(20)21/h5-7,9,18H,8H2,1-4H3. The molecule has 1 unspecified atom stereocenters. The SMILES string of the molecule is COC(C)(C)CC(C)Nc1ccc(C(F)(F)F)cc1[N+](=O)[O-]. The number of methoxy groups -OCH3 is 1. The second-order valence-electron chi connectivity index (χ2n) is 5.70. The van der Waals surface area contributed by atoms with E-state index in [1.165, 1.54) is 0 Å². The molecule has 5 nitrogen and oxygen atoms in total. The molecule has 0 aliphatic heterocycles. The summed E-state index contributed by atoms with van der Waals surface area (Å²) in [5, 5.41) is 13.9. The van der Waals surface area contributed by atoms with Crippen molar-refractivity contribution in [3.63, 3.8) is 0 Å². The lowest BCUT2D eigenvalue weighted by atomic mass is 9.99. The van der Waals surface area contributed by atoms with E-state index in [0.29, 0.717) is 12.5 Å². The number of anilines is 1. The number of benzene rings is 1. The van der Waals surface area contributed by atoms with Crippen molar-refractivity contribution in [1.29, 1.82) is 0 Å². The van der Waals surface area contributed by atoms with Gasteiger partial charge in [-0.1, -0.05) is 0 Å². The molecule has 1 atom stereocenters. The van der Waals surface area contributed by atoms with E-state index in [9.17, 15) is 23.3 Å². The van der Waals surface area contributed by atoms with Crippen molar-refractivity contribution in [1.82, 2.24) is 0 Å². The normalized spacial score (nSPS) is 13.8. The van der Waals surface area contributed by atoms with E-state index >= 15 is 0 Å². The van der Waals surface area contributed by atoms with Crippen LogP contribution in [0, 0.1) is 10.1 Å². The van der Waals surface area contributed by atoms with Crippen LogP contribution in [0.3, 0.4) is 0 Å². The fourth-order valence-electron chi connectivity index (χ4n) is 2.12. The van der Waals surface area contributed by atoms with Gasteiger partial charge in [-0.15, -0.1) is 0 Å². The molecule has 0 saturated heterocycles. The van der Waals surface area contributed by atoms with E-state index in [1.807, 2.05) is 13.8 Å². The second-order valence-corrected chi connectivity index (χ2v) is 5.70. The Morgan fingerprint density at radius 3 is 2.41 bits per heavy atom. The zero-order valence-electron chi connectivity index (χ0n) is 12.8. The number of hydrogen-bond donors (Lipinski definition) is 1. The third kappa shape index (κ3) is 4.87. The first-order valence-electron chi connectivity index (χ1n) is 6.63. The monoisotopic (exact) mass is 320 g/mol. The lowest BCUT2D eigenvalue weighted by Gasteiger charge is -2.27. The van der Waals surface area contributed by atoms with Crippen molar-refractivity contribution in [3.05, 3.63) is 33.9 Å². The predicted octanol–water partition coefficient (Wildman–Crippen LogP) is 4.23. The summed E-state index contributed by atoms with van der Waals surface area (Å²) in [6.45, 7) is 5.49. The minimum Gasteiger partial charge on any atom is -0.379 e. The van der Waals surface area contributed by atoms with Gasteiger partial charge in [0.2, 0.25) is 0 Å². The van der Waals surface area contributed by atoms with Gasteiger partial charge in [0, 0.05) is 19.2 Å². The molecular weight excluding hydrogens is 301 g/mol. The summed E-state index contributed by atoms with van der Waals surface area (Å²) in [5.41, 5.74) is -2.04. The van der Waals surface area contributed by atoms with Crippen LogP contribution in [0.1, 0.15) is 32.8 Å². The number of nitro benzene ring substituents is 1. The zero-order chi connectivity index (χ0) is 17.1. The molecule has 1 N–H and O–H groups in total. The van der Waals surface area contributed by atoms with Gasteiger partial charge in [-0.2, -0.15) is 13.2 Å². The van der Waals surface area contributed by atoms with Crippen LogP contribution in [0.4, 0.5) is 24.5 Å². The summed E-state index contributed by atoms with van der Waals surface area (Å²) in [6, 6.07) is 2.22. The van der Waals surface area contributed by atoms with E-state index in [1.54, 1.807) is 14.0 Å². The summed E-state index contributed by atoms with van der Waals surface area (Å²) >= 11 is 0. The summed E-state index contributed by atoms with van der Waals surface area (Å²) in [4.78, 5) is 10.2. The first-order chi connectivity index (χ1) is 9.96. The Morgan fingerprint density at radius 2 is 1.95 bits per heavy atom. The number of nitrogens with one attached hydrogen (secondary N) is 1. The van der Waals surface area contributed by atoms with Crippen LogP contribution in [0.2, 0.25) is 0 Å². The third-order valence-electron chi connectivity index (χ3n) is 3.27. The predicted molar refractivity (Wildman–Crippen MR) is 76.9 cm³/mol. The molecule has 0 saturated carbocycles. The third-order valence-corrected chi connectivity index (χ3v) is 3.27. The van der Waals surface area contributed by atoms with E-state index in [2.05, 4.69) is 5.32 Å². The van der Waals surface area contributed by atoms with Crippen LogP contribution in [0.15, 0.2) is 18.2 Å². The van der Waals surface area contributed by atoms with E-state index in [4.69, 9.17) is 4.74 Å². The van der Waals surface area contributed by atoms with Gasteiger partial charge in [-0.05, 0) is 39.3 Å². The molecule has 1 aromatic carbocycles. The van der Waals surface area contributed by atoms with Gasteiger partial charge in [0.15, 0.2) is 0 Å². The molecule has 0 aliphatic rings. The van der Waals surface area contributed by atoms with Gasteiger partial charge < -0.3 is 10.1 Å². The van der Waals surface area contributed by atoms with Gasteiger partial charge in [-0.3, -0.25) is 10.1 Å². The van der Waals surface area contributed by atoms with Crippen LogP contribution in [0.5, 0.6) is 0 Å². The Bertz CT molecular complexity index is 545. The number of ether oxygens (including phenoxy) is 1. The van der Waals surface area contributed by atoms with Crippen molar-refractivity contribution < 1.29 is 22.8 Å². The van der Waals surface area contributed by atoms with Crippen molar-refractivity contribution in [2.45, 2.75) is 45.0 Å². The fraction of sp³-hybridized carbons (Fsp3) is 0.571. The second kappa shape index (κ2) is 6.51. The van der Waals surface area contributed by atoms with Crippen LogP contribution >= 0.6 is 0 Å². The maximum Gasteiger partial charge on any atom is 0.416 e. The minimum absolute atomic E-state index is 0.0532. The quantitative estimate of drug-likeness (QED) is 0.629. The highest BCUT2D eigenvalue weighted by molar-refractivity contribution is 5.63. The Hall–Kier alpha value is -1.83. The highest BCUT2D eigenvalue weighted by Crippen LogP contribution is 2.35. The Balaban J connectivity index is 3.02. The molecule has 0 radical (unpaired) electrons. The van der Waals surface area contributed by atoms with Gasteiger partial charge >= 0.3 is 6.18 Å². The molecule has 0 heterocycles. The smallest absolute Gasteiger partial charge is 0.379 e. The largest absolute Gasteiger partial charge is 0.416 e. The van der Waals surface area contributed by atoms with Crippen molar-refractivity contribution in [2.24, 2.45) is 0 Å². The summed E-state index contributed by atoms with van der Waals surface area (Å²) in [6.07, 6.45) is -4.09. The zero-order valence-corrected chi connectivity index (χ0v) is 12.8. The first-order valence-corrected chi connectivity index (χ1v) is 6.63. The van der Waals surface area contributed by atoms with Crippen molar-refractivity contribution in [2.75, 3.05) is 12.4 Å². The molecule has 1 rings (SSSR count). The topological polar surface area (TPSA) is 64.4 Å². The highest BCUT2D eigenvalue weighted by Gasteiger charge is 2.33. The number of alkyl halides is 3. The molecule has 0 spiro atoms. The summed E-state index contributed by atoms with van der Waals surface area (Å²) in [5.74, 6) is 0. The molecule has 0 bridgehead atoms. The summed E-state index contributed by atoms with van der Waals surface area (Å²) in [7, 11) is 1.55. The number of hydrogen-bond acceptors (Lipinski definition) is 4. The Morgan fingerprint density at radius 1 is 1.36 bits per heavy atom. The lowest BCUT2D eigenvalue weighted by Crippen LogP contribution is -2.31. The number of nitrogens with zero attached hydrogens (tertiary/aromatic N) is 1. The fourth-order valence-corrected chi connectivity index (χ4v) is 2.12. The molecule has 8 heteroatoms. The van der Waals surface area contributed by atoms with Gasteiger partial charge in [0.25, 0.3) is 5.69 Å². The molecule has 0 fully saturated rings. The number of nitro groups is 1. The lowest BCUT2D eigenvalue weighted by molar-refractivity contribution is -0.384. The molecule has 0 aliphatic carbocycles. The van der Waals surface area contributed by atoms with E-state index < -0.39 is 28.0 Å². The van der Waals surface area contributed by atoms with Gasteiger partial charge in [0.1, 0.15) is 5.69 Å². The highest BCUT2D eigenvalue weighted by atomic mass is 19.4. The first kappa shape index (κ1) is 18.2. The Kier molecular flexibility index (Phi) is 5.39. The van der Waals surface area contributed by atoms with E-state index in [-0.39, 0.29) is 11.7 Å². The minimum atomic E-state index is -4.62. The molecule has 0 aromatic heterocycles. The molecule has 22 heavy (non-hydrogen) atoms. The average molecular weight is 320 g/mol. The van der Waals surface area contributed by atoms with Crippen LogP contribution in [0.25, 0.3) is 0 Å². The van der Waals surface area contributed by atoms with Gasteiger partial charge in [0.05, 0.1) is 16.1 Å². The molecule has 0 amide bonds. The van der Waals surface area contributed by atoms with Crippen LogP contribution < -0.4 is 5.32 Å². The van der Waals surface area contributed by atoms with Crippen LogP contribution in [-0.2, 0) is 10.9 Å². The number of halogens is 3. The van der Waals surface area contributed by atoms with E-state index in [0.717, 1.165) is 12.1 Å². The maximum absolute atomic E-state index is 12.6. The Labute approximate surface area is 126 Å². The molecule has 124 valence electrons. The number of rotatable bonds is 6. The van der Waals surface area contributed by atoms with Crippen molar-refractivity contribution in [3.8, 4) is 0 Å². The maximum atomic E-state index is 12.6. The van der Waals surface area contributed by atoms with Gasteiger partial charge in [-0.25, -0.2) is 0 Å². The molecular formula is C14H19F3N2O3. The van der Waals surface area contributed by atoms with Crippen molar-refractivity contribution >= 4 is 11.4 Å². The summed E-state index contributed by atoms with van der Waals surface area (Å²) < 4.78 is 43.2. The average Bonchev–Trinajstić information content (AvgIpc) is 2.36.